The first-order valence-corrected chi connectivity index (χ1v) is 8.03. The van der Waals surface area contributed by atoms with Crippen molar-refractivity contribution in [2.75, 3.05) is 17.8 Å². The van der Waals surface area contributed by atoms with Crippen LogP contribution < -0.4 is 11.2 Å². The van der Waals surface area contributed by atoms with Crippen LogP contribution in [-0.4, -0.2) is 66.0 Å². The Morgan fingerprint density at radius 3 is 2.89 bits per heavy atom. The monoisotopic (exact) mass is 375 g/mol. The predicted molar refractivity (Wildman–Crippen MR) is 92.7 cm³/mol. The molecular formula is C15H17N7O5. The summed E-state index contributed by atoms with van der Waals surface area (Å²) in [5.74, 6) is 0.788. The van der Waals surface area contributed by atoms with Gasteiger partial charge in [0.15, 0.2) is 23.2 Å². The number of anilines is 2. The summed E-state index contributed by atoms with van der Waals surface area (Å²) in [4.78, 5) is 12.3. The summed E-state index contributed by atoms with van der Waals surface area (Å²) in [5, 5.41) is 33.8. The van der Waals surface area contributed by atoms with Gasteiger partial charge >= 0.3 is 0 Å². The Bertz CT molecular complexity index is 957. The smallest absolute Gasteiger partial charge is 0.228 e. The van der Waals surface area contributed by atoms with Crippen molar-refractivity contribution in [3.63, 3.8) is 0 Å². The van der Waals surface area contributed by atoms with Crippen LogP contribution in [0.3, 0.4) is 0 Å². The van der Waals surface area contributed by atoms with E-state index in [1.165, 1.54) is 23.4 Å². The fraction of sp³-hybridized carbons (Fsp3) is 0.333. The number of nitrogens with one attached hydrogen (secondary N) is 1. The number of hydrazone groups is 1. The maximum absolute atomic E-state index is 10.4. The van der Waals surface area contributed by atoms with Gasteiger partial charge in [0.1, 0.15) is 30.4 Å². The summed E-state index contributed by atoms with van der Waals surface area (Å²) >= 11 is 0. The zero-order chi connectivity index (χ0) is 19.0. The lowest BCUT2D eigenvalue weighted by Gasteiger charge is -2.18. The number of ether oxygens (including phenoxy) is 1. The summed E-state index contributed by atoms with van der Waals surface area (Å²) < 4.78 is 12.1. The van der Waals surface area contributed by atoms with E-state index in [0.29, 0.717) is 5.76 Å². The second kappa shape index (κ2) is 6.92. The van der Waals surface area contributed by atoms with Gasteiger partial charge in [-0.25, -0.2) is 20.4 Å². The maximum Gasteiger partial charge on any atom is 0.228 e. The first-order valence-electron chi connectivity index (χ1n) is 8.03. The number of furan rings is 1. The third kappa shape index (κ3) is 3.00. The number of nitrogens with zero attached hydrogens (tertiary/aromatic N) is 5. The van der Waals surface area contributed by atoms with E-state index in [-0.39, 0.29) is 22.9 Å². The maximum atomic E-state index is 10.4. The van der Waals surface area contributed by atoms with Gasteiger partial charge in [0.2, 0.25) is 5.95 Å². The van der Waals surface area contributed by atoms with Crippen molar-refractivity contribution < 1.29 is 24.5 Å². The first kappa shape index (κ1) is 17.4. The van der Waals surface area contributed by atoms with Crippen molar-refractivity contribution in [2.45, 2.75) is 24.5 Å². The molecule has 12 heteroatoms. The number of hydrogen-bond acceptors (Lipinski definition) is 11. The van der Waals surface area contributed by atoms with Gasteiger partial charge in [0, 0.05) is 0 Å². The van der Waals surface area contributed by atoms with Gasteiger partial charge in [-0.1, -0.05) is 0 Å². The molecular weight excluding hydrogens is 358 g/mol. The summed E-state index contributed by atoms with van der Waals surface area (Å²) in [5.41, 5.74) is 9.11. The highest BCUT2D eigenvalue weighted by atomic mass is 16.6. The number of nitrogen functional groups attached to an aromatic ring is 1. The molecule has 12 nitrogen and oxygen atoms in total. The van der Waals surface area contributed by atoms with Crippen LogP contribution in [0.2, 0.25) is 0 Å². The molecule has 0 amide bonds. The lowest BCUT2D eigenvalue weighted by Crippen LogP contribution is -2.33. The van der Waals surface area contributed by atoms with Crippen LogP contribution in [0, 0.1) is 0 Å². The highest BCUT2D eigenvalue weighted by Crippen LogP contribution is 2.35. The van der Waals surface area contributed by atoms with Gasteiger partial charge in [-0.15, -0.1) is 0 Å². The Morgan fingerprint density at radius 2 is 2.19 bits per heavy atom. The molecule has 0 bridgehead atoms. The largest absolute Gasteiger partial charge is 0.463 e. The highest BCUT2D eigenvalue weighted by molar-refractivity contribution is 5.84. The van der Waals surface area contributed by atoms with Crippen LogP contribution in [0.25, 0.3) is 11.2 Å². The second-order valence-electron chi connectivity index (χ2n) is 5.85. The zero-order valence-electron chi connectivity index (χ0n) is 13.9. The Kier molecular flexibility index (Phi) is 4.45. The molecule has 3 aromatic rings. The highest BCUT2D eigenvalue weighted by Gasteiger charge is 2.45. The standard InChI is InChI=1S/C15H17N7O5/c16-12-9-13(18-6-17-12)22(14-11(25)10(24)8(5-23)27-14)15(20-9)21-19-4-7-2-1-3-26-7/h1-4,6,8,10-11,14,23-25H,5H2,(H,20,21)(H2,16,17,18)/b19-4+/t8-,10+,11+,14+/m0/s1. The van der Waals surface area contributed by atoms with E-state index in [0.717, 1.165) is 0 Å². The van der Waals surface area contributed by atoms with Gasteiger partial charge < -0.3 is 30.2 Å². The number of nitrogens with two attached hydrogens (primary N) is 1. The fourth-order valence-electron chi connectivity index (χ4n) is 2.86. The lowest BCUT2D eigenvalue weighted by atomic mass is 10.1. The Balaban J connectivity index is 1.74. The summed E-state index contributed by atoms with van der Waals surface area (Å²) in [7, 11) is 0. The molecule has 1 aliphatic heterocycles. The van der Waals surface area contributed by atoms with Crippen molar-refractivity contribution in [3.05, 3.63) is 30.5 Å². The molecule has 1 aliphatic rings. The summed E-state index contributed by atoms with van der Waals surface area (Å²) in [6, 6.07) is 3.43. The summed E-state index contributed by atoms with van der Waals surface area (Å²) in [6.45, 7) is -0.460. The van der Waals surface area contributed by atoms with E-state index in [1.807, 2.05) is 0 Å². The second-order valence-corrected chi connectivity index (χ2v) is 5.85. The number of fused-ring (bicyclic) bond motifs is 1. The van der Waals surface area contributed by atoms with E-state index in [9.17, 15) is 15.3 Å². The normalized spacial score (nSPS) is 25.6. The van der Waals surface area contributed by atoms with Crippen molar-refractivity contribution in [1.29, 1.82) is 0 Å². The average molecular weight is 375 g/mol. The molecule has 0 spiro atoms. The third-order valence-corrected chi connectivity index (χ3v) is 4.18. The number of aliphatic hydroxyl groups excluding tert-OH is 3. The number of aliphatic hydroxyl groups is 3. The predicted octanol–water partition coefficient (Wildman–Crippen LogP) is -0.941. The quantitative estimate of drug-likeness (QED) is 0.276. The molecule has 0 saturated carbocycles. The summed E-state index contributed by atoms with van der Waals surface area (Å²) in [6.07, 6.45) is -0.463. The average Bonchev–Trinajstić information content (AvgIpc) is 3.36. The Hall–Kier alpha value is -3.06. The van der Waals surface area contributed by atoms with Crippen molar-refractivity contribution >= 4 is 29.1 Å². The molecule has 1 fully saturated rings. The van der Waals surface area contributed by atoms with Crippen LogP contribution in [0.4, 0.5) is 11.8 Å². The van der Waals surface area contributed by atoms with Crippen molar-refractivity contribution in [2.24, 2.45) is 5.10 Å². The Morgan fingerprint density at radius 1 is 1.33 bits per heavy atom. The minimum Gasteiger partial charge on any atom is -0.463 e. The van der Waals surface area contributed by atoms with E-state index >= 15 is 0 Å². The Labute approximate surface area is 151 Å². The zero-order valence-corrected chi connectivity index (χ0v) is 13.9. The van der Waals surface area contributed by atoms with Crippen LogP contribution in [0.15, 0.2) is 34.2 Å². The molecule has 0 radical (unpaired) electrons. The molecule has 1 saturated heterocycles. The first-order chi connectivity index (χ1) is 13.1. The van der Waals surface area contributed by atoms with Gasteiger partial charge in [-0.05, 0) is 12.1 Å². The molecule has 6 N–H and O–H groups in total. The molecule has 4 heterocycles. The molecule has 27 heavy (non-hydrogen) atoms. The number of hydrogen-bond donors (Lipinski definition) is 5. The van der Waals surface area contributed by atoms with Gasteiger partial charge in [-0.2, -0.15) is 5.10 Å². The van der Waals surface area contributed by atoms with Crippen molar-refractivity contribution in [1.82, 2.24) is 19.5 Å². The minimum absolute atomic E-state index is 0.128. The van der Waals surface area contributed by atoms with Crippen LogP contribution in [0.5, 0.6) is 0 Å². The fourth-order valence-corrected chi connectivity index (χ4v) is 2.86. The van der Waals surface area contributed by atoms with Crippen molar-refractivity contribution in [3.8, 4) is 0 Å². The van der Waals surface area contributed by atoms with Crippen LogP contribution in [-0.2, 0) is 4.74 Å². The number of rotatable bonds is 5. The van der Waals surface area contributed by atoms with Gasteiger partial charge in [0.25, 0.3) is 0 Å². The molecule has 0 unspecified atom stereocenters. The molecule has 0 aromatic carbocycles. The molecule has 0 aliphatic carbocycles. The van der Waals surface area contributed by atoms with Crippen LogP contribution in [0.1, 0.15) is 12.0 Å². The SMILES string of the molecule is Nc1ncnc2c1nc(N/N=C/c1ccco1)n2[C@@H]1O[C@@H](CO)[C@@H](O)[C@H]1O. The van der Waals surface area contributed by atoms with E-state index in [2.05, 4.69) is 25.5 Å². The van der Waals surface area contributed by atoms with E-state index < -0.39 is 31.1 Å². The third-order valence-electron chi connectivity index (χ3n) is 4.18. The molecule has 4 atom stereocenters. The molecule has 142 valence electrons. The number of imidazole rings is 1. The van der Waals surface area contributed by atoms with E-state index in [4.69, 9.17) is 14.9 Å². The van der Waals surface area contributed by atoms with E-state index in [1.54, 1.807) is 12.1 Å². The lowest BCUT2D eigenvalue weighted by molar-refractivity contribution is -0.0501. The number of aromatic nitrogens is 4. The van der Waals surface area contributed by atoms with Gasteiger partial charge in [0.05, 0.1) is 19.1 Å². The van der Waals surface area contributed by atoms with Gasteiger partial charge in [-0.3, -0.25) is 4.57 Å². The topological polar surface area (TPSA) is 177 Å². The van der Waals surface area contributed by atoms with Crippen LogP contribution >= 0.6 is 0 Å². The molecule has 4 rings (SSSR count). The minimum atomic E-state index is -1.33. The molecule has 3 aromatic heterocycles.